The van der Waals surface area contributed by atoms with E-state index in [1.807, 2.05) is 0 Å². The van der Waals surface area contributed by atoms with E-state index in [1.165, 1.54) is 6.92 Å². The van der Waals surface area contributed by atoms with Crippen molar-refractivity contribution in [3.63, 3.8) is 0 Å². The van der Waals surface area contributed by atoms with E-state index in [1.54, 1.807) is 11.8 Å². The SMILES string of the molecule is CCC(O)c1cc2c(=O)n(NS(C)(=O)=O)c(=O)[nH]c2cc1C(F)(F)CC. The van der Waals surface area contributed by atoms with Gasteiger partial charge in [-0.25, -0.2) is 26.8 Å². The lowest BCUT2D eigenvalue weighted by Gasteiger charge is -2.22. The minimum Gasteiger partial charge on any atom is -0.388 e. The molecular weight excluding hydrogens is 372 g/mol. The molecule has 0 radical (unpaired) electrons. The van der Waals surface area contributed by atoms with Crippen LogP contribution in [0.5, 0.6) is 0 Å². The van der Waals surface area contributed by atoms with E-state index in [2.05, 4.69) is 4.98 Å². The summed E-state index contributed by atoms with van der Waals surface area (Å²) in [7, 11) is -3.93. The topological polar surface area (TPSA) is 121 Å². The minimum absolute atomic E-state index is 0.122. The van der Waals surface area contributed by atoms with Crippen LogP contribution in [0.25, 0.3) is 10.9 Å². The van der Waals surface area contributed by atoms with E-state index in [0.717, 1.165) is 18.4 Å². The molecule has 0 saturated heterocycles. The van der Waals surface area contributed by atoms with Crippen LogP contribution in [0.2, 0.25) is 0 Å². The molecule has 1 aromatic heterocycles. The molecule has 0 amide bonds. The number of hydrogen-bond acceptors (Lipinski definition) is 5. The second kappa shape index (κ2) is 6.80. The Morgan fingerprint density at radius 2 is 1.92 bits per heavy atom. The number of aliphatic hydroxyl groups is 1. The quantitative estimate of drug-likeness (QED) is 0.682. The first-order chi connectivity index (χ1) is 11.9. The summed E-state index contributed by atoms with van der Waals surface area (Å²) in [4.78, 5) is 28.4. The molecule has 1 unspecified atom stereocenters. The number of halogens is 2. The van der Waals surface area contributed by atoms with E-state index in [9.17, 15) is 31.9 Å². The van der Waals surface area contributed by atoms with Crippen LogP contribution in [0.1, 0.15) is 43.9 Å². The maximum atomic E-state index is 14.3. The van der Waals surface area contributed by atoms with E-state index >= 15 is 0 Å². The van der Waals surface area contributed by atoms with Gasteiger partial charge in [0.15, 0.2) is 0 Å². The van der Waals surface area contributed by atoms with Gasteiger partial charge >= 0.3 is 5.69 Å². The van der Waals surface area contributed by atoms with Crippen molar-refractivity contribution in [2.75, 3.05) is 11.1 Å². The van der Waals surface area contributed by atoms with Crippen LogP contribution < -0.4 is 16.1 Å². The van der Waals surface area contributed by atoms with E-state index in [-0.39, 0.29) is 27.6 Å². The summed E-state index contributed by atoms with van der Waals surface area (Å²) in [5, 5.41) is 9.89. The van der Waals surface area contributed by atoms with Gasteiger partial charge in [0.25, 0.3) is 11.5 Å². The summed E-state index contributed by atoms with van der Waals surface area (Å²) in [6.45, 7) is 2.85. The lowest BCUT2D eigenvalue weighted by molar-refractivity contribution is -0.0114. The van der Waals surface area contributed by atoms with Gasteiger partial charge in [0, 0.05) is 12.0 Å². The lowest BCUT2D eigenvalue weighted by Crippen LogP contribution is -2.43. The van der Waals surface area contributed by atoms with Crippen LogP contribution in [0.3, 0.4) is 0 Å². The summed E-state index contributed by atoms with van der Waals surface area (Å²) in [5.41, 5.74) is -2.98. The lowest BCUT2D eigenvalue weighted by atomic mass is 9.93. The molecule has 0 bridgehead atoms. The number of nitrogens with zero attached hydrogens (tertiary/aromatic N) is 1. The Balaban J connectivity index is 2.90. The Morgan fingerprint density at radius 1 is 1.31 bits per heavy atom. The highest BCUT2D eigenvalue weighted by molar-refractivity contribution is 7.91. The standard InChI is InChI=1S/C15H19F2N3O5S/c1-4-12(21)8-6-9-11(7-10(8)15(16,17)5-2)18-14(23)20(13(9)22)19-26(3,24)25/h6-7,12,19,21H,4-5H2,1-3H3,(H,18,23). The van der Waals surface area contributed by atoms with Gasteiger partial charge in [-0.05, 0) is 24.1 Å². The van der Waals surface area contributed by atoms with E-state index in [0.29, 0.717) is 0 Å². The van der Waals surface area contributed by atoms with Gasteiger partial charge in [-0.15, -0.1) is 0 Å². The number of hydrogen-bond donors (Lipinski definition) is 3. The number of fused-ring (bicyclic) bond motifs is 1. The van der Waals surface area contributed by atoms with Gasteiger partial charge in [0.1, 0.15) is 0 Å². The molecule has 144 valence electrons. The van der Waals surface area contributed by atoms with Crippen LogP contribution in [0.4, 0.5) is 8.78 Å². The second-order valence-corrected chi connectivity index (χ2v) is 7.63. The molecule has 0 spiro atoms. The average Bonchev–Trinajstić information content (AvgIpc) is 2.56. The number of alkyl halides is 2. The van der Waals surface area contributed by atoms with Crippen molar-refractivity contribution in [1.29, 1.82) is 0 Å². The number of H-pyrrole nitrogens is 1. The van der Waals surface area contributed by atoms with Gasteiger partial charge in [-0.1, -0.05) is 13.8 Å². The largest absolute Gasteiger partial charge is 0.388 e. The molecule has 26 heavy (non-hydrogen) atoms. The highest BCUT2D eigenvalue weighted by Crippen LogP contribution is 2.38. The second-order valence-electron chi connectivity index (χ2n) is 5.90. The van der Waals surface area contributed by atoms with Crippen molar-refractivity contribution in [1.82, 2.24) is 9.66 Å². The Labute approximate surface area is 147 Å². The van der Waals surface area contributed by atoms with Crippen molar-refractivity contribution in [3.05, 3.63) is 44.1 Å². The molecule has 1 atom stereocenters. The fraction of sp³-hybridized carbons (Fsp3) is 0.467. The predicted molar refractivity (Wildman–Crippen MR) is 92.5 cm³/mol. The van der Waals surface area contributed by atoms with Crippen LogP contribution in [-0.2, 0) is 15.9 Å². The van der Waals surface area contributed by atoms with Crippen molar-refractivity contribution in [3.8, 4) is 0 Å². The Kier molecular flexibility index (Phi) is 5.24. The smallest absolute Gasteiger partial charge is 0.348 e. The van der Waals surface area contributed by atoms with Crippen LogP contribution in [0, 0.1) is 0 Å². The van der Waals surface area contributed by atoms with Crippen LogP contribution in [-0.4, -0.2) is 29.4 Å². The van der Waals surface area contributed by atoms with Gasteiger partial charge in [0.05, 0.1) is 23.3 Å². The third-order valence-electron chi connectivity index (χ3n) is 3.91. The predicted octanol–water partition coefficient (Wildman–Crippen LogP) is 1.14. The first-order valence-electron chi connectivity index (χ1n) is 7.78. The molecule has 2 aromatic rings. The van der Waals surface area contributed by atoms with Crippen molar-refractivity contribution in [2.45, 2.75) is 38.7 Å². The monoisotopic (exact) mass is 391 g/mol. The molecule has 8 nitrogen and oxygen atoms in total. The van der Waals surface area contributed by atoms with Gasteiger partial charge in [-0.3, -0.25) is 4.79 Å². The fourth-order valence-corrected chi connectivity index (χ4v) is 3.03. The Hall–Kier alpha value is -2.27. The molecule has 0 aliphatic carbocycles. The molecular formula is C15H19F2N3O5S. The van der Waals surface area contributed by atoms with Crippen molar-refractivity contribution < 1.29 is 22.3 Å². The number of rotatable bonds is 6. The normalized spacial score (nSPS) is 13.8. The highest BCUT2D eigenvalue weighted by Gasteiger charge is 2.34. The fourth-order valence-electron chi connectivity index (χ4n) is 2.53. The maximum Gasteiger partial charge on any atom is 0.348 e. The number of aromatic amines is 1. The number of aliphatic hydroxyl groups excluding tert-OH is 1. The Bertz CT molecular complexity index is 1060. The molecule has 0 aliphatic heterocycles. The summed E-state index contributed by atoms with van der Waals surface area (Å²) in [6.07, 6.45) is -0.925. The first kappa shape index (κ1) is 20.0. The van der Waals surface area contributed by atoms with Gasteiger partial charge < -0.3 is 10.1 Å². The molecule has 0 aliphatic rings. The summed E-state index contributed by atoms with van der Waals surface area (Å²) in [5.74, 6) is -3.28. The number of sulfonamides is 1. The Morgan fingerprint density at radius 3 is 2.42 bits per heavy atom. The van der Waals surface area contributed by atoms with E-state index < -0.39 is 45.3 Å². The zero-order chi connectivity index (χ0) is 19.9. The van der Waals surface area contributed by atoms with Gasteiger partial charge in [0.2, 0.25) is 10.0 Å². The third-order valence-corrected chi connectivity index (χ3v) is 4.42. The minimum atomic E-state index is -3.93. The van der Waals surface area contributed by atoms with Crippen LogP contribution >= 0.6 is 0 Å². The molecule has 1 aromatic carbocycles. The van der Waals surface area contributed by atoms with Crippen molar-refractivity contribution in [2.24, 2.45) is 0 Å². The summed E-state index contributed by atoms with van der Waals surface area (Å²) < 4.78 is 51.5. The summed E-state index contributed by atoms with van der Waals surface area (Å²) in [6, 6.07) is 2.00. The number of benzene rings is 1. The molecule has 3 N–H and O–H groups in total. The average molecular weight is 391 g/mol. The molecule has 11 heteroatoms. The third kappa shape index (κ3) is 3.78. The zero-order valence-corrected chi connectivity index (χ0v) is 15.2. The molecule has 1 heterocycles. The maximum absolute atomic E-state index is 14.3. The van der Waals surface area contributed by atoms with Gasteiger partial charge in [-0.2, -0.15) is 4.68 Å². The molecule has 2 rings (SSSR count). The first-order valence-corrected chi connectivity index (χ1v) is 9.67. The number of aromatic nitrogens is 2. The summed E-state index contributed by atoms with van der Waals surface area (Å²) >= 11 is 0. The van der Waals surface area contributed by atoms with Crippen LogP contribution in [0.15, 0.2) is 21.7 Å². The molecule has 0 fully saturated rings. The molecule has 0 saturated carbocycles. The van der Waals surface area contributed by atoms with Crippen molar-refractivity contribution >= 4 is 20.9 Å². The highest BCUT2D eigenvalue weighted by atomic mass is 32.2. The van der Waals surface area contributed by atoms with E-state index in [4.69, 9.17) is 0 Å². The number of nitrogens with one attached hydrogen (secondary N) is 2. The zero-order valence-electron chi connectivity index (χ0n) is 14.3.